The van der Waals surface area contributed by atoms with Gasteiger partial charge in [-0.25, -0.2) is 4.57 Å². The van der Waals surface area contributed by atoms with Gasteiger partial charge >= 0.3 is 5.95 Å². The molecule has 22 heavy (non-hydrogen) atoms. The number of aromatic nitrogens is 3. The summed E-state index contributed by atoms with van der Waals surface area (Å²) in [6, 6.07) is 0. The van der Waals surface area contributed by atoms with Gasteiger partial charge < -0.3 is 0 Å². The number of hydrogen-bond donors (Lipinski definition) is 1. The first-order valence-corrected chi connectivity index (χ1v) is 9.35. The first-order valence-electron chi connectivity index (χ1n) is 8.94. The van der Waals surface area contributed by atoms with Gasteiger partial charge in [0.1, 0.15) is 0 Å². The molecule has 1 heterocycles. The quantitative estimate of drug-likeness (QED) is 0.351. The lowest BCUT2D eigenvalue weighted by Crippen LogP contribution is -2.40. The Morgan fingerprint density at radius 3 is 1.95 bits per heavy atom. The topological polar surface area (TPSA) is 27.8 Å². The highest BCUT2D eigenvalue weighted by Gasteiger charge is 2.17. The number of H-pyrrole nitrogens is 1. The Hall–Kier alpha value is -0.840. The summed E-state index contributed by atoms with van der Waals surface area (Å²) in [5.74, 6) is 1.14. The summed E-state index contributed by atoms with van der Waals surface area (Å²) in [5.41, 5.74) is 0. The molecule has 128 valence electrons. The molecule has 1 rings (SSSR count). The van der Waals surface area contributed by atoms with Crippen LogP contribution < -0.4 is 9.47 Å². The second-order valence-corrected chi connectivity index (χ2v) is 6.89. The lowest BCUT2D eigenvalue weighted by atomic mass is 10.1. The third-order valence-electron chi connectivity index (χ3n) is 4.19. The molecule has 0 saturated carbocycles. The fraction of sp³-hybridized carbons (Fsp3) is 0.882. The number of aryl methyl sites for hydroxylation is 1. The van der Waals surface area contributed by atoms with Crippen LogP contribution in [-0.2, 0) is 13.6 Å². The summed E-state index contributed by atoms with van der Waals surface area (Å²) in [6.07, 6.45) is 13.7. The average Bonchev–Trinajstić information content (AvgIpc) is 2.75. The summed E-state index contributed by atoms with van der Waals surface area (Å²) in [4.78, 5) is 2.11. The van der Waals surface area contributed by atoms with Crippen molar-refractivity contribution in [3.63, 3.8) is 0 Å². The van der Waals surface area contributed by atoms with E-state index in [0.717, 1.165) is 17.3 Å². The Bertz CT molecular complexity index is 462. The minimum atomic E-state index is 0.821. The van der Waals surface area contributed by atoms with Gasteiger partial charge in [0, 0.05) is 14.1 Å². The highest BCUT2D eigenvalue weighted by Crippen LogP contribution is 2.11. The van der Waals surface area contributed by atoms with Crippen molar-refractivity contribution in [2.24, 2.45) is 7.05 Å². The molecule has 5 heteroatoms. The number of nitrogens with one attached hydrogen (secondary N) is 1. The third-order valence-corrected chi connectivity index (χ3v) is 4.50. The first-order chi connectivity index (χ1) is 10.6. The molecule has 0 atom stereocenters. The fourth-order valence-electron chi connectivity index (χ4n) is 3.03. The minimum absolute atomic E-state index is 0.821. The Morgan fingerprint density at radius 1 is 0.955 bits per heavy atom. The van der Waals surface area contributed by atoms with Crippen molar-refractivity contribution in [3.8, 4) is 0 Å². The summed E-state index contributed by atoms with van der Waals surface area (Å²) in [7, 11) is 6.14. The molecule has 0 spiro atoms. The van der Waals surface area contributed by atoms with Crippen molar-refractivity contribution < 1.29 is 4.57 Å². The van der Waals surface area contributed by atoms with Crippen LogP contribution >= 0.6 is 12.2 Å². The van der Waals surface area contributed by atoms with Crippen molar-refractivity contribution >= 4 is 18.2 Å². The highest BCUT2D eigenvalue weighted by atomic mass is 32.1. The van der Waals surface area contributed by atoms with Gasteiger partial charge in [-0.15, -0.1) is 0 Å². The van der Waals surface area contributed by atoms with Gasteiger partial charge in [0.25, 0.3) is 4.77 Å². The zero-order valence-electron chi connectivity index (χ0n) is 15.0. The van der Waals surface area contributed by atoms with E-state index < -0.39 is 0 Å². The fourth-order valence-corrected chi connectivity index (χ4v) is 3.34. The van der Waals surface area contributed by atoms with Crippen LogP contribution in [0.4, 0.5) is 5.95 Å². The Balaban J connectivity index is 2.17. The van der Waals surface area contributed by atoms with Crippen LogP contribution in [0.5, 0.6) is 0 Å². The molecule has 1 aromatic rings. The van der Waals surface area contributed by atoms with E-state index in [2.05, 4.69) is 35.6 Å². The van der Waals surface area contributed by atoms with Gasteiger partial charge in [0.15, 0.2) is 0 Å². The predicted octanol–water partition coefficient (Wildman–Crippen LogP) is 4.36. The molecule has 0 unspecified atom stereocenters. The largest absolute Gasteiger partial charge is 0.344 e. The average molecular weight is 328 g/mol. The van der Waals surface area contributed by atoms with Crippen LogP contribution in [0.15, 0.2) is 0 Å². The molecule has 0 fully saturated rings. The second kappa shape index (κ2) is 10.8. The van der Waals surface area contributed by atoms with Gasteiger partial charge in [-0.3, -0.25) is 4.90 Å². The van der Waals surface area contributed by atoms with E-state index in [1.807, 2.05) is 11.7 Å². The van der Waals surface area contributed by atoms with E-state index in [4.69, 9.17) is 12.2 Å². The standard InChI is InChI=1S/C17H34N4S/c1-5-6-7-8-9-10-11-12-13-14-15-21-16(22)18-20(4)17(21)19(2)3/h5-15H2,1-4H3/p+1. The van der Waals surface area contributed by atoms with Crippen LogP contribution in [0, 0.1) is 4.77 Å². The Kier molecular flexibility index (Phi) is 9.44. The third kappa shape index (κ3) is 6.51. The lowest BCUT2D eigenvalue weighted by Gasteiger charge is -2.09. The van der Waals surface area contributed by atoms with Gasteiger partial charge in [-0.2, -0.15) is 9.78 Å². The van der Waals surface area contributed by atoms with Crippen LogP contribution in [0.2, 0.25) is 0 Å². The molecule has 0 aliphatic carbocycles. The van der Waals surface area contributed by atoms with Crippen LogP contribution in [-0.4, -0.2) is 23.9 Å². The molecule has 0 aliphatic heterocycles. The predicted molar refractivity (Wildman–Crippen MR) is 97.0 cm³/mol. The molecule has 0 saturated heterocycles. The van der Waals surface area contributed by atoms with Gasteiger partial charge in [-0.1, -0.05) is 64.7 Å². The van der Waals surface area contributed by atoms with Crippen molar-refractivity contribution in [2.75, 3.05) is 19.0 Å². The first kappa shape index (κ1) is 19.2. The van der Waals surface area contributed by atoms with Gasteiger partial charge in [0.2, 0.25) is 0 Å². The van der Waals surface area contributed by atoms with E-state index in [9.17, 15) is 0 Å². The summed E-state index contributed by atoms with van der Waals surface area (Å²) in [6.45, 7) is 3.29. The molecule has 1 N–H and O–H groups in total. The second-order valence-electron chi connectivity index (χ2n) is 6.50. The molecule has 0 amide bonds. The summed E-state index contributed by atoms with van der Waals surface area (Å²) in [5, 5.41) is 3.20. The molecule has 0 radical (unpaired) electrons. The molecular formula is C17H35N4S+. The minimum Gasteiger partial charge on any atom is -0.287 e. The summed E-state index contributed by atoms with van der Waals surface area (Å²) < 4.78 is 5.03. The van der Waals surface area contributed by atoms with Crippen LogP contribution in [0.25, 0.3) is 0 Å². The molecular weight excluding hydrogens is 292 g/mol. The molecule has 4 nitrogen and oxygen atoms in total. The smallest absolute Gasteiger partial charge is 0.287 e. The number of unbranched alkanes of at least 4 members (excludes halogenated alkanes) is 9. The maximum absolute atomic E-state index is 5.41. The molecule has 0 bridgehead atoms. The van der Waals surface area contributed by atoms with Gasteiger partial charge in [-0.05, 0) is 18.6 Å². The van der Waals surface area contributed by atoms with E-state index >= 15 is 0 Å². The van der Waals surface area contributed by atoms with Crippen molar-refractivity contribution in [3.05, 3.63) is 4.77 Å². The highest BCUT2D eigenvalue weighted by molar-refractivity contribution is 7.71. The molecule has 0 aromatic carbocycles. The SMILES string of the molecule is CCCCCCCCCCCC[n+]1c(N(C)C)n(C)[nH]c1=S. The van der Waals surface area contributed by atoms with Crippen molar-refractivity contribution in [1.29, 1.82) is 0 Å². The number of anilines is 1. The van der Waals surface area contributed by atoms with Gasteiger partial charge in [0.05, 0.1) is 13.6 Å². The lowest BCUT2D eigenvalue weighted by molar-refractivity contribution is -0.691. The monoisotopic (exact) mass is 327 g/mol. The Morgan fingerprint density at radius 2 is 1.45 bits per heavy atom. The van der Waals surface area contributed by atoms with Crippen molar-refractivity contribution in [1.82, 2.24) is 9.78 Å². The Labute approximate surface area is 141 Å². The van der Waals surface area contributed by atoms with Crippen LogP contribution in [0.1, 0.15) is 71.1 Å². The number of rotatable bonds is 12. The van der Waals surface area contributed by atoms with Crippen LogP contribution in [0.3, 0.4) is 0 Å². The normalized spacial score (nSPS) is 11.1. The molecule has 1 aromatic heterocycles. The number of hydrogen-bond acceptors (Lipinski definition) is 2. The maximum atomic E-state index is 5.41. The summed E-state index contributed by atoms with van der Waals surface area (Å²) >= 11 is 5.41. The van der Waals surface area contributed by atoms with Crippen molar-refractivity contribution in [2.45, 2.75) is 77.7 Å². The van der Waals surface area contributed by atoms with E-state index in [1.165, 1.54) is 64.2 Å². The number of aromatic amines is 1. The van der Waals surface area contributed by atoms with E-state index in [0.29, 0.717) is 0 Å². The zero-order valence-corrected chi connectivity index (χ0v) is 15.8. The zero-order chi connectivity index (χ0) is 16.4. The molecule has 0 aliphatic rings. The van der Waals surface area contributed by atoms with E-state index in [-0.39, 0.29) is 0 Å². The van der Waals surface area contributed by atoms with E-state index in [1.54, 1.807) is 0 Å². The maximum Gasteiger partial charge on any atom is 0.344 e. The number of nitrogens with zero attached hydrogens (tertiary/aromatic N) is 3.